The molecule has 0 aromatic heterocycles. The van der Waals surface area contributed by atoms with Gasteiger partial charge in [-0.2, -0.15) is 5.26 Å². The Bertz CT molecular complexity index is 793. The van der Waals surface area contributed by atoms with E-state index in [-0.39, 0.29) is 23.2 Å². The van der Waals surface area contributed by atoms with Crippen molar-refractivity contribution in [3.63, 3.8) is 0 Å². The van der Waals surface area contributed by atoms with E-state index in [0.29, 0.717) is 11.8 Å². The molecule has 4 rings (SSSR count). The molecule has 0 radical (unpaired) electrons. The number of benzene rings is 1. The highest BCUT2D eigenvalue weighted by atomic mass is 19.1. The number of carbonyl (C=O) groups excluding carboxylic acids is 1. The molecule has 30 heavy (non-hydrogen) atoms. The Morgan fingerprint density at radius 2 is 1.83 bits per heavy atom. The van der Waals surface area contributed by atoms with Crippen LogP contribution in [0.25, 0.3) is 0 Å². The Kier molecular flexibility index (Phi) is 6.76. The molecule has 1 aromatic rings. The second kappa shape index (κ2) is 9.50. The van der Waals surface area contributed by atoms with Crippen molar-refractivity contribution in [3.8, 4) is 11.8 Å². The number of rotatable bonds is 4. The first-order chi connectivity index (χ1) is 14.6. The quantitative estimate of drug-likeness (QED) is 0.411. The molecule has 3 fully saturated rings. The summed E-state index contributed by atoms with van der Waals surface area (Å²) >= 11 is 0. The van der Waals surface area contributed by atoms with Gasteiger partial charge in [-0.25, -0.2) is 4.39 Å². The van der Waals surface area contributed by atoms with Crippen LogP contribution >= 0.6 is 0 Å². The van der Waals surface area contributed by atoms with Crippen molar-refractivity contribution in [3.05, 3.63) is 29.6 Å². The van der Waals surface area contributed by atoms with Gasteiger partial charge < -0.3 is 4.74 Å². The number of fused-ring (bicyclic) bond motifs is 1. The van der Waals surface area contributed by atoms with E-state index in [1.54, 1.807) is 6.07 Å². The van der Waals surface area contributed by atoms with Gasteiger partial charge in [0.2, 0.25) is 0 Å². The third kappa shape index (κ3) is 4.56. The van der Waals surface area contributed by atoms with E-state index in [1.807, 2.05) is 0 Å². The summed E-state index contributed by atoms with van der Waals surface area (Å²) in [5, 5.41) is 8.87. The van der Waals surface area contributed by atoms with Crippen LogP contribution in [0.5, 0.6) is 5.75 Å². The van der Waals surface area contributed by atoms with E-state index in [0.717, 1.165) is 43.1 Å². The zero-order chi connectivity index (χ0) is 21.1. The van der Waals surface area contributed by atoms with Gasteiger partial charge >= 0.3 is 5.97 Å². The number of nitrogens with zero attached hydrogens (tertiary/aromatic N) is 1. The Hall–Kier alpha value is -1.89. The van der Waals surface area contributed by atoms with Gasteiger partial charge in [0.1, 0.15) is 17.6 Å². The number of ether oxygens (including phenoxy) is 1. The third-order valence-corrected chi connectivity index (χ3v) is 8.41. The fourth-order valence-electron chi connectivity index (χ4n) is 6.63. The predicted molar refractivity (Wildman–Crippen MR) is 114 cm³/mol. The lowest BCUT2D eigenvalue weighted by atomic mass is 9.59. The van der Waals surface area contributed by atoms with Crippen LogP contribution in [0.2, 0.25) is 0 Å². The fourth-order valence-corrected chi connectivity index (χ4v) is 6.63. The first kappa shape index (κ1) is 21.3. The maximum Gasteiger partial charge on any atom is 0.314 e. The monoisotopic (exact) mass is 411 g/mol. The van der Waals surface area contributed by atoms with Crippen molar-refractivity contribution < 1.29 is 13.9 Å². The van der Waals surface area contributed by atoms with Gasteiger partial charge in [-0.3, -0.25) is 4.79 Å². The minimum absolute atomic E-state index is 0.0289. The topological polar surface area (TPSA) is 50.1 Å². The zero-order valence-corrected chi connectivity index (χ0v) is 18.1. The Morgan fingerprint density at radius 1 is 1.07 bits per heavy atom. The summed E-state index contributed by atoms with van der Waals surface area (Å²) in [6, 6.07) is 5.84. The van der Waals surface area contributed by atoms with Crippen LogP contribution in [0.4, 0.5) is 4.39 Å². The summed E-state index contributed by atoms with van der Waals surface area (Å²) in [7, 11) is 0. The van der Waals surface area contributed by atoms with Crippen molar-refractivity contribution in [2.24, 2.45) is 35.5 Å². The van der Waals surface area contributed by atoms with Crippen LogP contribution in [0.3, 0.4) is 0 Å². The normalized spacial score (nSPS) is 33.9. The number of hydrogen-bond donors (Lipinski definition) is 0. The molecule has 4 heteroatoms. The molecule has 4 atom stereocenters. The first-order valence-electron chi connectivity index (χ1n) is 12.0. The highest BCUT2D eigenvalue weighted by molar-refractivity contribution is 5.75. The van der Waals surface area contributed by atoms with E-state index in [4.69, 9.17) is 10.00 Å². The minimum atomic E-state index is -0.636. The maximum absolute atomic E-state index is 13.9. The van der Waals surface area contributed by atoms with Crippen LogP contribution < -0.4 is 4.74 Å². The van der Waals surface area contributed by atoms with E-state index in [9.17, 15) is 9.18 Å². The third-order valence-electron chi connectivity index (χ3n) is 8.41. The second-order valence-electron chi connectivity index (χ2n) is 9.90. The van der Waals surface area contributed by atoms with Crippen molar-refractivity contribution >= 4 is 5.97 Å². The molecule has 0 N–H and O–H groups in total. The first-order valence-corrected chi connectivity index (χ1v) is 12.0. The lowest BCUT2D eigenvalue weighted by Crippen LogP contribution is -2.40. The standard InChI is InChI=1S/C26H34FNO2/c1-2-17-6-8-18(9-7-17)19-11-13-23-20(14-19)4-3-5-24(23)26(29)30-22-12-10-21(16-28)25(27)15-22/h10,12,15,17-20,23-24H,2-9,11,13-14H2,1H3. The summed E-state index contributed by atoms with van der Waals surface area (Å²) in [5.74, 6) is 3.01. The molecule has 3 aliphatic carbocycles. The summed E-state index contributed by atoms with van der Waals surface area (Å²) in [6.45, 7) is 2.32. The molecule has 0 aliphatic heterocycles. The van der Waals surface area contributed by atoms with Gasteiger partial charge in [0.15, 0.2) is 0 Å². The smallest absolute Gasteiger partial charge is 0.314 e. The van der Waals surface area contributed by atoms with E-state index in [2.05, 4.69) is 6.92 Å². The molecule has 0 heterocycles. The van der Waals surface area contributed by atoms with Crippen LogP contribution in [0, 0.1) is 52.7 Å². The molecule has 0 spiro atoms. The molecular formula is C26H34FNO2. The van der Waals surface area contributed by atoms with Gasteiger partial charge in [-0.05, 0) is 80.2 Å². The number of hydrogen-bond acceptors (Lipinski definition) is 3. The van der Waals surface area contributed by atoms with Crippen molar-refractivity contribution in [2.45, 2.75) is 77.6 Å². The maximum atomic E-state index is 13.9. The van der Waals surface area contributed by atoms with Gasteiger partial charge in [0.05, 0.1) is 11.5 Å². The summed E-state index contributed by atoms with van der Waals surface area (Å²) in [6.07, 6.45) is 13.8. The highest BCUT2D eigenvalue weighted by Gasteiger charge is 2.43. The molecule has 3 saturated carbocycles. The molecule has 0 amide bonds. The van der Waals surface area contributed by atoms with Crippen LogP contribution in [0.15, 0.2) is 18.2 Å². The number of esters is 1. The fraction of sp³-hybridized carbons (Fsp3) is 0.692. The van der Waals surface area contributed by atoms with Crippen molar-refractivity contribution in [1.29, 1.82) is 5.26 Å². The SMILES string of the molecule is CCC1CCC(C2CCC3C(CCCC3C(=O)Oc3ccc(C#N)c(F)c3)C2)CC1. The average Bonchev–Trinajstić information content (AvgIpc) is 2.78. The molecule has 0 saturated heterocycles. The Balaban J connectivity index is 1.36. The van der Waals surface area contributed by atoms with E-state index >= 15 is 0 Å². The lowest BCUT2D eigenvalue weighted by Gasteiger charge is -2.46. The van der Waals surface area contributed by atoms with Crippen LogP contribution in [-0.2, 0) is 4.79 Å². The molecule has 4 unspecified atom stereocenters. The molecule has 0 bridgehead atoms. The highest BCUT2D eigenvalue weighted by Crippen LogP contribution is 2.50. The van der Waals surface area contributed by atoms with Crippen molar-refractivity contribution in [1.82, 2.24) is 0 Å². The summed E-state index contributed by atoms with van der Waals surface area (Å²) in [4.78, 5) is 12.9. The number of nitriles is 1. The molecular weight excluding hydrogens is 377 g/mol. The van der Waals surface area contributed by atoms with Gasteiger partial charge in [0.25, 0.3) is 0 Å². The second-order valence-corrected chi connectivity index (χ2v) is 9.90. The van der Waals surface area contributed by atoms with E-state index in [1.165, 1.54) is 63.5 Å². The lowest BCUT2D eigenvalue weighted by molar-refractivity contribution is -0.144. The van der Waals surface area contributed by atoms with Crippen LogP contribution in [-0.4, -0.2) is 5.97 Å². The Labute approximate surface area is 180 Å². The van der Waals surface area contributed by atoms with Crippen molar-refractivity contribution in [2.75, 3.05) is 0 Å². The zero-order valence-electron chi connectivity index (χ0n) is 18.1. The molecule has 3 nitrogen and oxygen atoms in total. The minimum Gasteiger partial charge on any atom is -0.426 e. The number of halogens is 1. The molecule has 162 valence electrons. The summed E-state index contributed by atoms with van der Waals surface area (Å²) < 4.78 is 19.4. The summed E-state index contributed by atoms with van der Waals surface area (Å²) in [5.41, 5.74) is -0.0289. The van der Waals surface area contributed by atoms with Gasteiger partial charge in [-0.15, -0.1) is 0 Å². The molecule has 1 aromatic carbocycles. The van der Waals surface area contributed by atoms with Gasteiger partial charge in [0, 0.05) is 6.07 Å². The van der Waals surface area contributed by atoms with Gasteiger partial charge in [-0.1, -0.05) is 39.0 Å². The van der Waals surface area contributed by atoms with Crippen LogP contribution in [0.1, 0.15) is 83.1 Å². The average molecular weight is 412 g/mol. The van der Waals surface area contributed by atoms with E-state index < -0.39 is 5.82 Å². The molecule has 3 aliphatic rings. The predicted octanol–water partition coefficient (Wildman–Crippen LogP) is 6.65. The largest absolute Gasteiger partial charge is 0.426 e. The number of carbonyl (C=O) groups is 1. The Morgan fingerprint density at radius 3 is 2.53 bits per heavy atom.